The van der Waals surface area contributed by atoms with Crippen molar-refractivity contribution in [2.24, 2.45) is 0 Å². The molecule has 0 aliphatic carbocycles. The van der Waals surface area contributed by atoms with E-state index in [-0.39, 0.29) is 5.91 Å². The van der Waals surface area contributed by atoms with Gasteiger partial charge >= 0.3 is 0 Å². The first kappa shape index (κ1) is 21.0. The molecular formula is C20H17Cl2NO3S2. The van der Waals surface area contributed by atoms with E-state index in [0.717, 1.165) is 5.75 Å². The minimum absolute atomic E-state index is 0.247. The number of amides is 1. The second kappa shape index (κ2) is 9.65. The summed E-state index contributed by atoms with van der Waals surface area (Å²) in [6.07, 6.45) is 2.34. The normalized spacial score (nSPS) is 15.0. The van der Waals surface area contributed by atoms with E-state index >= 15 is 0 Å². The lowest BCUT2D eigenvalue weighted by Crippen LogP contribution is -2.17. The predicted octanol–water partition coefficient (Wildman–Crippen LogP) is 5.64. The Morgan fingerprint density at radius 1 is 1.14 bits per heavy atom. The molecule has 1 N–H and O–H groups in total. The van der Waals surface area contributed by atoms with Crippen LogP contribution in [0.15, 0.2) is 41.3 Å². The number of benzene rings is 2. The van der Waals surface area contributed by atoms with Crippen LogP contribution in [-0.4, -0.2) is 23.4 Å². The van der Waals surface area contributed by atoms with Crippen LogP contribution in [0.2, 0.25) is 10.0 Å². The van der Waals surface area contributed by atoms with Crippen molar-refractivity contribution < 1.29 is 14.3 Å². The average molecular weight is 454 g/mol. The fourth-order valence-electron chi connectivity index (χ4n) is 2.46. The highest BCUT2D eigenvalue weighted by molar-refractivity contribution is 8.26. The van der Waals surface area contributed by atoms with Crippen LogP contribution in [0.5, 0.6) is 11.5 Å². The number of carbonyl (C=O) groups is 1. The van der Waals surface area contributed by atoms with Gasteiger partial charge in [0.25, 0.3) is 5.91 Å². The molecule has 146 valence electrons. The molecule has 0 saturated carbocycles. The van der Waals surface area contributed by atoms with Crippen LogP contribution >= 0.6 is 47.2 Å². The van der Waals surface area contributed by atoms with E-state index in [2.05, 4.69) is 5.32 Å². The summed E-state index contributed by atoms with van der Waals surface area (Å²) in [5, 5.41) is 3.41. The molecule has 8 heteroatoms. The second-order valence-electron chi connectivity index (χ2n) is 6.02. The summed E-state index contributed by atoms with van der Waals surface area (Å²) >= 11 is 18.6. The summed E-state index contributed by atoms with van der Waals surface area (Å²) in [7, 11) is 0. The zero-order chi connectivity index (χ0) is 20.1. The highest BCUT2D eigenvalue weighted by atomic mass is 35.5. The summed E-state index contributed by atoms with van der Waals surface area (Å²) < 4.78 is 12.0. The average Bonchev–Trinajstić information content (AvgIpc) is 2.95. The van der Waals surface area contributed by atoms with Gasteiger partial charge in [-0.2, -0.15) is 0 Å². The number of carbonyl (C=O) groups excluding carboxylic acids is 1. The van der Waals surface area contributed by atoms with E-state index in [4.69, 9.17) is 44.9 Å². The molecule has 2 aromatic rings. The zero-order valence-corrected chi connectivity index (χ0v) is 18.1. The third kappa shape index (κ3) is 5.64. The summed E-state index contributed by atoms with van der Waals surface area (Å²) in [5.41, 5.74) is 1.81. The van der Waals surface area contributed by atoms with E-state index in [1.807, 2.05) is 31.2 Å². The molecule has 1 amide bonds. The smallest absolute Gasteiger partial charge is 0.263 e. The lowest BCUT2D eigenvalue weighted by atomic mass is 10.2. The van der Waals surface area contributed by atoms with Gasteiger partial charge in [-0.25, -0.2) is 0 Å². The lowest BCUT2D eigenvalue weighted by molar-refractivity contribution is -0.115. The molecule has 0 spiro atoms. The fraction of sp³-hybridized carbons (Fsp3) is 0.200. The Bertz CT molecular complexity index is 930. The van der Waals surface area contributed by atoms with E-state index in [0.29, 0.717) is 50.2 Å². The summed E-state index contributed by atoms with van der Waals surface area (Å²) in [6, 6.07) is 11.2. The van der Waals surface area contributed by atoms with Gasteiger partial charge in [-0.3, -0.25) is 4.79 Å². The molecule has 1 saturated heterocycles. The maximum absolute atomic E-state index is 11.9. The molecule has 1 aliphatic rings. The number of hydrogen-bond donors (Lipinski definition) is 1. The van der Waals surface area contributed by atoms with Crippen molar-refractivity contribution in [3.8, 4) is 11.5 Å². The molecule has 4 nitrogen and oxygen atoms in total. The maximum Gasteiger partial charge on any atom is 0.263 e. The number of rotatable bonds is 7. The summed E-state index contributed by atoms with van der Waals surface area (Å²) in [4.78, 5) is 12.4. The van der Waals surface area contributed by atoms with Crippen molar-refractivity contribution in [1.29, 1.82) is 0 Å². The topological polar surface area (TPSA) is 47.6 Å². The minimum atomic E-state index is -0.247. The molecule has 0 bridgehead atoms. The quantitative estimate of drug-likeness (QED) is 0.333. The molecule has 0 unspecified atom stereocenters. The van der Waals surface area contributed by atoms with E-state index in [1.54, 1.807) is 18.2 Å². The van der Waals surface area contributed by atoms with E-state index < -0.39 is 0 Å². The van der Waals surface area contributed by atoms with Crippen LogP contribution in [-0.2, 0) is 4.79 Å². The van der Waals surface area contributed by atoms with Crippen LogP contribution in [0.4, 0.5) is 0 Å². The highest BCUT2D eigenvalue weighted by Gasteiger charge is 2.23. The third-order valence-electron chi connectivity index (χ3n) is 3.79. The molecule has 0 aromatic heterocycles. The molecule has 1 heterocycles. The molecule has 1 aliphatic heterocycles. The number of ether oxygens (including phenoxy) is 2. The lowest BCUT2D eigenvalue weighted by Gasteiger charge is -2.13. The first-order chi connectivity index (χ1) is 13.4. The van der Waals surface area contributed by atoms with Gasteiger partial charge in [0, 0.05) is 17.0 Å². The number of nitrogens with one attached hydrogen (secondary N) is 1. The van der Waals surface area contributed by atoms with Crippen LogP contribution in [0.25, 0.3) is 6.08 Å². The second-order valence-corrected chi connectivity index (χ2v) is 8.58. The van der Waals surface area contributed by atoms with Gasteiger partial charge in [0.1, 0.15) is 15.8 Å². The Morgan fingerprint density at radius 3 is 2.54 bits per heavy atom. The standard InChI is InChI=1S/C20H17Cl2NO3S2/c1-12-3-5-15(6-4-12)25-7-2-8-26-18-13(9-14(21)11-16(18)22)10-17-19(24)23-20(27)28-17/h3-6,9-11H,2,7-8H2,1H3,(H,23,24,27). The third-order valence-corrected chi connectivity index (χ3v) is 5.45. The van der Waals surface area contributed by atoms with Gasteiger partial charge in [0.15, 0.2) is 0 Å². The Balaban J connectivity index is 1.63. The highest BCUT2D eigenvalue weighted by Crippen LogP contribution is 2.36. The number of aryl methyl sites for hydroxylation is 1. The Morgan fingerprint density at radius 2 is 1.86 bits per heavy atom. The van der Waals surface area contributed by atoms with Gasteiger partial charge in [-0.15, -0.1) is 0 Å². The Labute approximate surface area is 183 Å². The zero-order valence-electron chi connectivity index (χ0n) is 15.0. The van der Waals surface area contributed by atoms with E-state index in [9.17, 15) is 4.79 Å². The summed E-state index contributed by atoms with van der Waals surface area (Å²) in [5.74, 6) is 1.05. The summed E-state index contributed by atoms with van der Waals surface area (Å²) in [6.45, 7) is 2.94. The number of hydrogen-bond acceptors (Lipinski definition) is 5. The van der Waals surface area contributed by atoms with E-state index in [1.165, 1.54) is 17.3 Å². The fourth-order valence-corrected chi connectivity index (χ4v) is 4.06. The predicted molar refractivity (Wildman–Crippen MR) is 120 cm³/mol. The number of halogens is 2. The van der Waals surface area contributed by atoms with Crippen molar-refractivity contribution in [2.75, 3.05) is 13.2 Å². The van der Waals surface area contributed by atoms with Crippen molar-refractivity contribution >= 4 is 63.5 Å². The number of thioether (sulfide) groups is 1. The van der Waals surface area contributed by atoms with Gasteiger partial charge < -0.3 is 14.8 Å². The van der Waals surface area contributed by atoms with Gasteiger partial charge in [-0.1, -0.05) is 64.9 Å². The Hall–Kier alpha value is -1.73. The number of thiocarbonyl (C=S) groups is 1. The Kier molecular flexibility index (Phi) is 7.24. The van der Waals surface area contributed by atoms with Crippen LogP contribution < -0.4 is 14.8 Å². The molecule has 3 rings (SSSR count). The van der Waals surface area contributed by atoms with Gasteiger partial charge in [-0.05, 0) is 37.3 Å². The monoisotopic (exact) mass is 453 g/mol. The molecule has 0 atom stereocenters. The first-order valence-corrected chi connectivity index (χ1v) is 10.5. The molecule has 28 heavy (non-hydrogen) atoms. The van der Waals surface area contributed by atoms with Crippen molar-refractivity contribution in [3.05, 3.63) is 62.5 Å². The maximum atomic E-state index is 11.9. The van der Waals surface area contributed by atoms with Crippen LogP contribution in [0.1, 0.15) is 17.5 Å². The SMILES string of the molecule is Cc1ccc(OCCCOc2c(Cl)cc(Cl)cc2C=C2SC(=S)NC2=O)cc1. The van der Waals surface area contributed by atoms with Gasteiger partial charge in [0.2, 0.25) is 0 Å². The molecule has 0 radical (unpaired) electrons. The van der Waals surface area contributed by atoms with Crippen LogP contribution in [0, 0.1) is 6.92 Å². The van der Waals surface area contributed by atoms with Crippen LogP contribution in [0.3, 0.4) is 0 Å². The molecule has 2 aromatic carbocycles. The van der Waals surface area contributed by atoms with Gasteiger partial charge in [0.05, 0.1) is 23.1 Å². The minimum Gasteiger partial charge on any atom is -0.493 e. The first-order valence-electron chi connectivity index (χ1n) is 8.48. The van der Waals surface area contributed by atoms with Crippen molar-refractivity contribution in [3.63, 3.8) is 0 Å². The van der Waals surface area contributed by atoms with Crippen molar-refractivity contribution in [2.45, 2.75) is 13.3 Å². The molecule has 1 fully saturated rings. The largest absolute Gasteiger partial charge is 0.493 e. The molecular weight excluding hydrogens is 437 g/mol. The van der Waals surface area contributed by atoms with Crippen molar-refractivity contribution in [1.82, 2.24) is 5.32 Å².